The van der Waals surface area contributed by atoms with Crippen molar-refractivity contribution in [3.05, 3.63) is 42.7 Å². The molecule has 1 unspecified atom stereocenters. The van der Waals surface area contributed by atoms with E-state index in [4.69, 9.17) is 10.9 Å². The van der Waals surface area contributed by atoms with Crippen LogP contribution < -0.4 is 5.73 Å². The van der Waals surface area contributed by atoms with Gasteiger partial charge in [-0.25, -0.2) is 4.98 Å². The monoisotopic (exact) mass is 244 g/mol. The second-order valence-corrected chi connectivity index (χ2v) is 4.17. The molecule has 18 heavy (non-hydrogen) atoms. The quantitative estimate of drug-likeness (QED) is 0.375. The maximum absolute atomic E-state index is 8.61. The van der Waals surface area contributed by atoms with E-state index >= 15 is 0 Å². The largest absolute Gasteiger partial charge is 0.409 e. The van der Waals surface area contributed by atoms with E-state index in [1.54, 1.807) is 6.20 Å². The minimum absolute atomic E-state index is 0.0820. The summed E-state index contributed by atoms with van der Waals surface area (Å²) < 4.78 is 2.02. The summed E-state index contributed by atoms with van der Waals surface area (Å²) in [7, 11) is 0. The van der Waals surface area contributed by atoms with Crippen LogP contribution in [0.25, 0.3) is 11.4 Å². The fourth-order valence-electron chi connectivity index (χ4n) is 1.92. The van der Waals surface area contributed by atoms with Crippen LogP contribution in [0.5, 0.6) is 0 Å². The summed E-state index contributed by atoms with van der Waals surface area (Å²) >= 11 is 0. The summed E-state index contributed by atoms with van der Waals surface area (Å²) in [6, 6.07) is 10.0. The predicted octanol–water partition coefficient (Wildman–Crippen LogP) is 2.25. The van der Waals surface area contributed by atoms with Crippen LogP contribution in [0.15, 0.2) is 47.9 Å². The number of rotatable bonds is 4. The summed E-state index contributed by atoms with van der Waals surface area (Å²) in [5, 5.41) is 11.6. The van der Waals surface area contributed by atoms with Crippen LogP contribution >= 0.6 is 0 Å². The number of imidazole rings is 1. The Hall–Kier alpha value is -2.30. The van der Waals surface area contributed by atoms with Gasteiger partial charge >= 0.3 is 0 Å². The number of aromatic nitrogens is 2. The lowest BCUT2D eigenvalue weighted by molar-refractivity contribution is 0.315. The van der Waals surface area contributed by atoms with Gasteiger partial charge in [-0.15, -0.1) is 0 Å². The molecule has 2 aromatic rings. The smallest absolute Gasteiger partial charge is 0.141 e. The number of hydrogen-bond donors (Lipinski definition) is 2. The van der Waals surface area contributed by atoms with Crippen molar-refractivity contribution < 1.29 is 5.21 Å². The highest BCUT2D eigenvalue weighted by Crippen LogP contribution is 2.22. The van der Waals surface area contributed by atoms with E-state index in [0.717, 1.165) is 11.4 Å². The minimum Gasteiger partial charge on any atom is -0.409 e. The molecule has 0 aliphatic carbocycles. The molecule has 1 aromatic carbocycles. The van der Waals surface area contributed by atoms with Gasteiger partial charge in [-0.1, -0.05) is 35.5 Å². The second kappa shape index (κ2) is 5.35. The van der Waals surface area contributed by atoms with Crippen LogP contribution in [-0.2, 0) is 0 Å². The van der Waals surface area contributed by atoms with Crippen LogP contribution in [0.3, 0.4) is 0 Å². The Balaban J connectivity index is 2.28. The molecule has 1 atom stereocenters. The molecule has 0 amide bonds. The average molecular weight is 244 g/mol. The first-order valence-corrected chi connectivity index (χ1v) is 5.77. The maximum Gasteiger partial charge on any atom is 0.141 e. The Morgan fingerprint density at radius 2 is 2.17 bits per heavy atom. The summed E-state index contributed by atoms with van der Waals surface area (Å²) in [4.78, 5) is 4.36. The lowest BCUT2D eigenvalue weighted by Gasteiger charge is -2.15. The zero-order valence-electron chi connectivity index (χ0n) is 10.2. The third kappa shape index (κ3) is 2.51. The summed E-state index contributed by atoms with van der Waals surface area (Å²) in [5.74, 6) is 1.10. The van der Waals surface area contributed by atoms with Gasteiger partial charge in [-0.2, -0.15) is 0 Å². The van der Waals surface area contributed by atoms with Gasteiger partial charge in [0.25, 0.3) is 0 Å². The maximum atomic E-state index is 8.61. The van der Waals surface area contributed by atoms with Gasteiger partial charge < -0.3 is 15.5 Å². The van der Waals surface area contributed by atoms with E-state index < -0.39 is 0 Å². The fraction of sp³-hybridized carbons (Fsp3) is 0.231. The number of nitrogens with two attached hydrogens (primary N) is 1. The van der Waals surface area contributed by atoms with E-state index in [1.165, 1.54) is 0 Å². The van der Waals surface area contributed by atoms with Crippen LogP contribution in [0, 0.1) is 0 Å². The molecule has 3 N–H and O–H groups in total. The number of amidine groups is 1. The molecule has 0 aliphatic rings. The SMILES string of the molecule is CC(C/C(N)=N/O)n1ccnc1-c1ccccc1. The lowest BCUT2D eigenvalue weighted by Crippen LogP contribution is -2.18. The van der Waals surface area contributed by atoms with Gasteiger partial charge in [0.2, 0.25) is 0 Å². The number of nitrogens with zero attached hydrogens (tertiary/aromatic N) is 3. The first-order chi connectivity index (χ1) is 8.72. The van der Waals surface area contributed by atoms with E-state index in [-0.39, 0.29) is 11.9 Å². The molecule has 0 bridgehead atoms. The van der Waals surface area contributed by atoms with Crippen molar-refractivity contribution in [3.63, 3.8) is 0 Å². The van der Waals surface area contributed by atoms with Gasteiger partial charge in [0.1, 0.15) is 11.7 Å². The van der Waals surface area contributed by atoms with Crippen LogP contribution in [-0.4, -0.2) is 20.6 Å². The first kappa shape index (κ1) is 12.2. The molecule has 1 heterocycles. The van der Waals surface area contributed by atoms with Crippen LogP contribution in [0.1, 0.15) is 19.4 Å². The third-order valence-corrected chi connectivity index (χ3v) is 2.81. The molecular weight excluding hydrogens is 228 g/mol. The van der Waals surface area contributed by atoms with Crippen molar-refractivity contribution in [1.29, 1.82) is 0 Å². The Labute approximate surface area is 106 Å². The number of benzene rings is 1. The molecule has 5 nitrogen and oxygen atoms in total. The van der Waals surface area contributed by atoms with E-state index in [2.05, 4.69) is 10.1 Å². The second-order valence-electron chi connectivity index (χ2n) is 4.17. The summed E-state index contributed by atoms with van der Waals surface area (Å²) in [5.41, 5.74) is 6.58. The Morgan fingerprint density at radius 3 is 2.83 bits per heavy atom. The van der Waals surface area contributed by atoms with Crippen molar-refractivity contribution in [2.24, 2.45) is 10.9 Å². The normalized spacial score (nSPS) is 13.5. The highest BCUT2D eigenvalue weighted by molar-refractivity contribution is 5.80. The molecule has 0 saturated carbocycles. The van der Waals surface area contributed by atoms with Gasteiger partial charge in [0.15, 0.2) is 0 Å². The van der Waals surface area contributed by atoms with Crippen molar-refractivity contribution in [3.8, 4) is 11.4 Å². The zero-order chi connectivity index (χ0) is 13.0. The Bertz CT molecular complexity index is 533. The summed E-state index contributed by atoms with van der Waals surface area (Å²) in [6.45, 7) is 2.01. The van der Waals surface area contributed by atoms with E-state index in [1.807, 2.05) is 48.0 Å². The van der Waals surface area contributed by atoms with Crippen LogP contribution in [0.2, 0.25) is 0 Å². The lowest BCUT2D eigenvalue weighted by atomic mass is 10.1. The highest BCUT2D eigenvalue weighted by Gasteiger charge is 2.12. The zero-order valence-corrected chi connectivity index (χ0v) is 10.2. The van der Waals surface area contributed by atoms with Crippen molar-refractivity contribution in [1.82, 2.24) is 9.55 Å². The van der Waals surface area contributed by atoms with Crippen molar-refractivity contribution >= 4 is 5.84 Å². The Kier molecular flexibility index (Phi) is 3.62. The molecule has 94 valence electrons. The fourth-order valence-corrected chi connectivity index (χ4v) is 1.92. The topological polar surface area (TPSA) is 76.4 Å². The Morgan fingerprint density at radius 1 is 1.44 bits per heavy atom. The van der Waals surface area contributed by atoms with E-state index in [9.17, 15) is 0 Å². The van der Waals surface area contributed by atoms with Crippen LogP contribution in [0.4, 0.5) is 0 Å². The molecule has 0 saturated heterocycles. The number of hydrogen-bond acceptors (Lipinski definition) is 3. The first-order valence-electron chi connectivity index (χ1n) is 5.77. The van der Waals surface area contributed by atoms with E-state index in [0.29, 0.717) is 6.42 Å². The average Bonchev–Trinajstić information content (AvgIpc) is 2.88. The molecule has 5 heteroatoms. The molecule has 1 aromatic heterocycles. The molecule has 0 aliphatic heterocycles. The third-order valence-electron chi connectivity index (χ3n) is 2.81. The predicted molar refractivity (Wildman–Crippen MR) is 70.4 cm³/mol. The van der Waals surface area contributed by atoms with Crippen molar-refractivity contribution in [2.45, 2.75) is 19.4 Å². The summed E-state index contributed by atoms with van der Waals surface area (Å²) in [6.07, 6.45) is 4.13. The highest BCUT2D eigenvalue weighted by atomic mass is 16.4. The molecule has 0 radical (unpaired) electrons. The standard InChI is InChI=1S/C13H16N4O/c1-10(9-12(14)16-18)17-8-7-15-13(17)11-5-3-2-4-6-11/h2-8,10,18H,9H2,1H3,(H2,14,16). The van der Waals surface area contributed by atoms with Crippen molar-refractivity contribution in [2.75, 3.05) is 0 Å². The van der Waals surface area contributed by atoms with Gasteiger partial charge in [0.05, 0.1) is 0 Å². The number of oxime groups is 1. The van der Waals surface area contributed by atoms with Gasteiger partial charge in [0, 0.05) is 30.4 Å². The van der Waals surface area contributed by atoms with Gasteiger partial charge in [-0.05, 0) is 6.92 Å². The van der Waals surface area contributed by atoms with Gasteiger partial charge in [-0.3, -0.25) is 0 Å². The minimum atomic E-state index is 0.0820. The molecular formula is C13H16N4O. The molecule has 0 spiro atoms. The molecule has 2 rings (SSSR count). The molecule has 0 fully saturated rings.